The van der Waals surface area contributed by atoms with Crippen LogP contribution in [-0.2, 0) is 14.8 Å². The molecule has 0 aliphatic carbocycles. The van der Waals surface area contributed by atoms with E-state index in [0.29, 0.717) is 17.4 Å². The van der Waals surface area contributed by atoms with Gasteiger partial charge in [0.2, 0.25) is 0 Å². The Morgan fingerprint density at radius 2 is 1.51 bits per heavy atom. The normalized spacial score (nSPS) is 11.4. The van der Waals surface area contributed by atoms with Gasteiger partial charge in [-0.05, 0) is 41.3 Å². The van der Waals surface area contributed by atoms with E-state index in [1.54, 1.807) is 12.1 Å². The number of hydrazone groups is 1. The highest BCUT2D eigenvalue weighted by molar-refractivity contribution is 7.92. The molecule has 0 radical (unpaired) electrons. The number of carbonyl (C=O) groups is 1. The summed E-state index contributed by atoms with van der Waals surface area (Å²) in [6.07, 6.45) is 1.49. The number of rotatable bonds is 12. The number of nitrogens with one attached hydrogen (secondary N) is 1. The van der Waals surface area contributed by atoms with E-state index in [-0.39, 0.29) is 22.1 Å². The van der Waals surface area contributed by atoms with Crippen molar-refractivity contribution in [2.24, 2.45) is 5.10 Å². The first-order valence-corrected chi connectivity index (χ1v) is 13.5. The van der Waals surface area contributed by atoms with Crippen molar-refractivity contribution < 1.29 is 32.2 Å². The fraction of sp³-hybridized carbons (Fsp3) is 0.286. The SMILES string of the molecule is COc1ccc(OC)c(N(CC(=O)N/N=C\c2ccc(C(C)C)cc2)S(=O)(=O)c2ccc(OC)c(OC)c2)c1. The summed E-state index contributed by atoms with van der Waals surface area (Å²) in [5.41, 5.74) is 4.47. The Kier molecular flexibility index (Phi) is 9.78. The molecule has 1 amide bonds. The van der Waals surface area contributed by atoms with Crippen LogP contribution in [0.5, 0.6) is 23.0 Å². The number of methoxy groups -OCH3 is 4. The van der Waals surface area contributed by atoms with Gasteiger partial charge in [0.15, 0.2) is 11.5 Å². The van der Waals surface area contributed by atoms with Gasteiger partial charge in [0, 0.05) is 12.1 Å². The number of hydrogen-bond acceptors (Lipinski definition) is 8. The first kappa shape index (κ1) is 29.3. The maximum Gasteiger partial charge on any atom is 0.265 e. The zero-order chi connectivity index (χ0) is 28.6. The average molecular weight is 556 g/mol. The largest absolute Gasteiger partial charge is 0.497 e. The maximum absolute atomic E-state index is 13.9. The molecule has 0 atom stereocenters. The number of amides is 1. The van der Waals surface area contributed by atoms with Crippen molar-refractivity contribution in [3.63, 3.8) is 0 Å². The van der Waals surface area contributed by atoms with Crippen LogP contribution in [0.3, 0.4) is 0 Å². The molecule has 0 aliphatic heterocycles. The number of ether oxygens (including phenoxy) is 4. The first-order valence-electron chi connectivity index (χ1n) is 12.0. The summed E-state index contributed by atoms with van der Waals surface area (Å²) in [6.45, 7) is 3.61. The standard InChI is InChI=1S/C28H33N3O7S/c1-19(2)21-9-7-20(8-10-21)17-29-30-28(32)18-31(24-15-22(35-3)11-13-25(24)36-4)39(33,34)23-12-14-26(37-5)27(16-23)38-6/h7-17,19H,18H2,1-6H3,(H,30,32)/b29-17-. The zero-order valence-electron chi connectivity index (χ0n) is 22.8. The Bertz CT molecular complexity index is 1420. The lowest BCUT2D eigenvalue weighted by Gasteiger charge is -2.26. The molecule has 0 aliphatic rings. The number of anilines is 1. The third-order valence-electron chi connectivity index (χ3n) is 5.89. The van der Waals surface area contributed by atoms with E-state index in [1.165, 1.54) is 64.5 Å². The lowest BCUT2D eigenvalue weighted by Crippen LogP contribution is -2.39. The van der Waals surface area contributed by atoms with Crippen molar-refractivity contribution in [2.45, 2.75) is 24.7 Å². The fourth-order valence-electron chi connectivity index (χ4n) is 3.71. The van der Waals surface area contributed by atoms with E-state index in [2.05, 4.69) is 24.4 Å². The van der Waals surface area contributed by atoms with Crippen molar-refractivity contribution in [2.75, 3.05) is 39.3 Å². The van der Waals surface area contributed by atoms with Crippen LogP contribution in [0.25, 0.3) is 0 Å². The van der Waals surface area contributed by atoms with Crippen LogP contribution in [0.15, 0.2) is 70.7 Å². The first-order chi connectivity index (χ1) is 18.6. The second-order valence-electron chi connectivity index (χ2n) is 8.68. The Labute approximate surface area is 229 Å². The third-order valence-corrected chi connectivity index (χ3v) is 7.65. The Balaban J connectivity index is 1.96. The predicted octanol–water partition coefficient (Wildman–Crippen LogP) is 4.19. The van der Waals surface area contributed by atoms with Crippen LogP contribution in [0.4, 0.5) is 5.69 Å². The van der Waals surface area contributed by atoms with Gasteiger partial charge in [0.1, 0.15) is 18.0 Å². The molecule has 3 rings (SSSR count). The third kappa shape index (κ3) is 6.99. The van der Waals surface area contributed by atoms with Gasteiger partial charge in [0.05, 0.1) is 45.2 Å². The molecule has 1 N–H and O–H groups in total. The van der Waals surface area contributed by atoms with Gasteiger partial charge in [-0.25, -0.2) is 13.8 Å². The predicted molar refractivity (Wildman–Crippen MR) is 150 cm³/mol. The monoisotopic (exact) mass is 555 g/mol. The minimum absolute atomic E-state index is 0.107. The van der Waals surface area contributed by atoms with E-state index in [1.807, 2.05) is 24.3 Å². The maximum atomic E-state index is 13.9. The summed E-state index contributed by atoms with van der Waals surface area (Å²) in [5, 5.41) is 4.01. The molecule has 0 aromatic heterocycles. The van der Waals surface area contributed by atoms with Crippen LogP contribution in [0.2, 0.25) is 0 Å². The summed E-state index contributed by atoms with van der Waals surface area (Å²) in [6, 6.07) is 16.6. The molecule has 3 aromatic carbocycles. The van der Waals surface area contributed by atoms with Gasteiger partial charge < -0.3 is 18.9 Å². The molecule has 0 bridgehead atoms. The minimum atomic E-state index is -4.30. The van der Waals surface area contributed by atoms with Crippen LogP contribution in [0, 0.1) is 0 Å². The number of nitrogens with zero attached hydrogens (tertiary/aromatic N) is 2. The molecule has 11 heteroatoms. The quantitative estimate of drug-likeness (QED) is 0.263. The lowest BCUT2D eigenvalue weighted by atomic mass is 10.0. The Morgan fingerprint density at radius 3 is 2.10 bits per heavy atom. The van der Waals surface area contributed by atoms with Crippen molar-refractivity contribution in [1.82, 2.24) is 5.43 Å². The summed E-state index contributed by atoms with van der Waals surface area (Å²) >= 11 is 0. The molecule has 0 saturated heterocycles. The molecule has 0 fully saturated rings. The summed E-state index contributed by atoms with van der Waals surface area (Å²) in [7, 11) is 1.40. The molecular formula is C28H33N3O7S. The van der Waals surface area contributed by atoms with Gasteiger partial charge >= 0.3 is 0 Å². The smallest absolute Gasteiger partial charge is 0.265 e. The van der Waals surface area contributed by atoms with Gasteiger partial charge in [-0.3, -0.25) is 9.10 Å². The van der Waals surface area contributed by atoms with E-state index < -0.39 is 22.5 Å². The van der Waals surface area contributed by atoms with Crippen molar-refractivity contribution in [3.05, 3.63) is 71.8 Å². The minimum Gasteiger partial charge on any atom is -0.497 e. The number of hydrogen-bond donors (Lipinski definition) is 1. The van der Waals surface area contributed by atoms with Gasteiger partial charge in [-0.2, -0.15) is 5.10 Å². The van der Waals surface area contributed by atoms with Gasteiger partial charge in [-0.1, -0.05) is 38.1 Å². The van der Waals surface area contributed by atoms with Gasteiger partial charge in [-0.15, -0.1) is 0 Å². The van der Waals surface area contributed by atoms with Crippen LogP contribution >= 0.6 is 0 Å². The summed E-state index contributed by atoms with van der Waals surface area (Å²) in [4.78, 5) is 12.8. The van der Waals surface area contributed by atoms with Crippen molar-refractivity contribution >= 4 is 27.8 Å². The molecule has 39 heavy (non-hydrogen) atoms. The number of carbonyl (C=O) groups excluding carboxylic acids is 1. The van der Waals surface area contributed by atoms with Crippen molar-refractivity contribution in [3.8, 4) is 23.0 Å². The number of sulfonamides is 1. The Morgan fingerprint density at radius 1 is 0.872 bits per heavy atom. The van der Waals surface area contributed by atoms with E-state index in [4.69, 9.17) is 18.9 Å². The molecule has 208 valence electrons. The highest BCUT2D eigenvalue weighted by atomic mass is 32.2. The molecule has 3 aromatic rings. The number of benzene rings is 3. The summed E-state index contributed by atoms with van der Waals surface area (Å²) < 4.78 is 50.0. The summed E-state index contributed by atoms with van der Waals surface area (Å²) in [5.74, 6) is 0.897. The van der Waals surface area contributed by atoms with E-state index in [9.17, 15) is 13.2 Å². The lowest BCUT2D eigenvalue weighted by molar-refractivity contribution is -0.119. The van der Waals surface area contributed by atoms with Crippen LogP contribution in [-0.4, -0.2) is 55.5 Å². The fourth-order valence-corrected chi connectivity index (χ4v) is 5.15. The zero-order valence-corrected chi connectivity index (χ0v) is 23.6. The molecule has 0 saturated carbocycles. The second kappa shape index (κ2) is 13.0. The van der Waals surface area contributed by atoms with Crippen molar-refractivity contribution in [1.29, 1.82) is 0 Å². The highest BCUT2D eigenvalue weighted by Gasteiger charge is 2.31. The molecule has 10 nitrogen and oxygen atoms in total. The molecule has 0 heterocycles. The Hall–Kier alpha value is -4.25. The highest BCUT2D eigenvalue weighted by Crippen LogP contribution is 2.37. The average Bonchev–Trinajstić information content (AvgIpc) is 2.95. The van der Waals surface area contributed by atoms with E-state index in [0.717, 1.165) is 9.87 Å². The van der Waals surface area contributed by atoms with Crippen LogP contribution < -0.4 is 28.7 Å². The van der Waals surface area contributed by atoms with Gasteiger partial charge in [0.25, 0.3) is 15.9 Å². The molecular weight excluding hydrogens is 522 g/mol. The van der Waals surface area contributed by atoms with E-state index >= 15 is 0 Å². The molecule has 0 unspecified atom stereocenters. The second-order valence-corrected chi connectivity index (χ2v) is 10.5. The topological polar surface area (TPSA) is 116 Å². The molecule has 0 spiro atoms. The van der Waals surface area contributed by atoms with Crippen LogP contribution in [0.1, 0.15) is 30.9 Å².